The molecular weight excluding hydrogens is 341 g/mol. The van der Waals surface area contributed by atoms with Crippen LogP contribution in [0.25, 0.3) is 16.9 Å². The van der Waals surface area contributed by atoms with Gasteiger partial charge >= 0.3 is 0 Å². The van der Waals surface area contributed by atoms with Crippen molar-refractivity contribution in [2.45, 2.75) is 13.3 Å². The highest BCUT2D eigenvalue weighted by atomic mass is 19.1. The van der Waals surface area contributed by atoms with Crippen LogP contribution in [-0.4, -0.2) is 15.3 Å². The number of amides is 1. The number of benzene rings is 2. The monoisotopic (exact) mass is 359 g/mol. The molecule has 2 aromatic heterocycles. The summed E-state index contributed by atoms with van der Waals surface area (Å²) in [7, 11) is 0. The average molecular weight is 359 g/mol. The molecule has 134 valence electrons. The second-order valence-electron chi connectivity index (χ2n) is 6.49. The first-order valence-electron chi connectivity index (χ1n) is 8.67. The molecule has 27 heavy (non-hydrogen) atoms. The van der Waals surface area contributed by atoms with Crippen molar-refractivity contribution in [3.05, 3.63) is 90.0 Å². The molecule has 4 rings (SSSR count). The SMILES string of the molecule is Cc1ccn2cc(-c3cccc(NC(=O)Cc4ccccc4F)c3)nc2c1. The van der Waals surface area contributed by atoms with Crippen LogP contribution in [0.4, 0.5) is 10.1 Å². The van der Waals surface area contributed by atoms with Crippen molar-refractivity contribution in [3.63, 3.8) is 0 Å². The summed E-state index contributed by atoms with van der Waals surface area (Å²) in [6, 6.07) is 17.8. The maximum Gasteiger partial charge on any atom is 0.228 e. The molecule has 0 spiro atoms. The molecule has 0 saturated carbocycles. The summed E-state index contributed by atoms with van der Waals surface area (Å²) >= 11 is 0. The summed E-state index contributed by atoms with van der Waals surface area (Å²) in [5, 5.41) is 2.83. The van der Waals surface area contributed by atoms with Crippen molar-refractivity contribution in [1.82, 2.24) is 9.38 Å². The van der Waals surface area contributed by atoms with Crippen molar-refractivity contribution in [3.8, 4) is 11.3 Å². The Hall–Kier alpha value is -3.47. The zero-order valence-corrected chi connectivity index (χ0v) is 14.8. The van der Waals surface area contributed by atoms with Gasteiger partial charge in [0.25, 0.3) is 0 Å². The summed E-state index contributed by atoms with van der Waals surface area (Å²) in [4.78, 5) is 16.9. The Morgan fingerprint density at radius 2 is 1.96 bits per heavy atom. The van der Waals surface area contributed by atoms with Crippen LogP contribution >= 0.6 is 0 Å². The number of hydrogen-bond acceptors (Lipinski definition) is 2. The number of nitrogens with one attached hydrogen (secondary N) is 1. The number of fused-ring (bicyclic) bond motifs is 1. The van der Waals surface area contributed by atoms with Crippen LogP contribution in [0, 0.1) is 12.7 Å². The number of halogens is 1. The standard InChI is InChI=1S/C22H18FN3O/c1-15-9-10-26-14-20(25-21(26)11-15)17-6-4-7-18(12-17)24-22(27)13-16-5-2-3-8-19(16)23/h2-12,14H,13H2,1H3,(H,24,27). The number of carbonyl (C=O) groups is 1. The lowest BCUT2D eigenvalue weighted by Crippen LogP contribution is -2.15. The lowest BCUT2D eigenvalue weighted by atomic mass is 10.1. The van der Waals surface area contributed by atoms with E-state index in [1.807, 2.05) is 60.1 Å². The topological polar surface area (TPSA) is 46.4 Å². The van der Waals surface area contributed by atoms with Gasteiger partial charge in [-0.25, -0.2) is 9.37 Å². The van der Waals surface area contributed by atoms with Crippen LogP contribution in [0.3, 0.4) is 0 Å². The first-order valence-corrected chi connectivity index (χ1v) is 8.67. The minimum absolute atomic E-state index is 0.00938. The molecule has 0 aliphatic heterocycles. The van der Waals surface area contributed by atoms with Gasteiger partial charge in [-0.3, -0.25) is 4.79 Å². The van der Waals surface area contributed by atoms with E-state index in [0.29, 0.717) is 11.3 Å². The number of aromatic nitrogens is 2. The third kappa shape index (κ3) is 3.72. The third-order valence-corrected chi connectivity index (χ3v) is 4.37. The van der Waals surface area contributed by atoms with Gasteiger partial charge in [-0.05, 0) is 48.4 Å². The Bertz CT molecular complexity index is 1130. The molecule has 0 bridgehead atoms. The van der Waals surface area contributed by atoms with Crippen molar-refractivity contribution in [2.75, 3.05) is 5.32 Å². The predicted molar refractivity (Wildman–Crippen MR) is 104 cm³/mol. The van der Waals surface area contributed by atoms with Crippen molar-refractivity contribution < 1.29 is 9.18 Å². The highest BCUT2D eigenvalue weighted by Crippen LogP contribution is 2.23. The van der Waals surface area contributed by atoms with Crippen LogP contribution in [0.15, 0.2) is 73.1 Å². The predicted octanol–water partition coefficient (Wildman–Crippen LogP) is 4.63. The summed E-state index contributed by atoms with van der Waals surface area (Å²) in [5.41, 5.74) is 4.78. The second-order valence-corrected chi connectivity index (χ2v) is 6.49. The number of aryl methyl sites for hydroxylation is 1. The maximum atomic E-state index is 13.7. The molecule has 4 aromatic rings. The van der Waals surface area contributed by atoms with Gasteiger partial charge in [0.05, 0.1) is 12.1 Å². The Morgan fingerprint density at radius 3 is 2.81 bits per heavy atom. The fourth-order valence-electron chi connectivity index (χ4n) is 3.00. The summed E-state index contributed by atoms with van der Waals surface area (Å²) < 4.78 is 15.7. The highest BCUT2D eigenvalue weighted by Gasteiger charge is 2.10. The molecule has 0 unspecified atom stereocenters. The van der Waals surface area contributed by atoms with Crippen LogP contribution < -0.4 is 5.32 Å². The van der Waals surface area contributed by atoms with Crippen LogP contribution in [0.1, 0.15) is 11.1 Å². The van der Waals surface area contributed by atoms with Gasteiger partial charge in [0.1, 0.15) is 11.5 Å². The number of carbonyl (C=O) groups excluding carboxylic acids is 1. The van der Waals surface area contributed by atoms with E-state index in [-0.39, 0.29) is 18.1 Å². The third-order valence-electron chi connectivity index (χ3n) is 4.37. The molecule has 0 fully saturated rings. The van der Waals surface area contributed by atoms with Gasteiger partial charge in [0.15, 0.2) is 0 Å². The molecule has 0 radical (unpaired) electrons. The number of nitrogens with zero attached hydrogens (tertiary/aromatic N) is 2. The molecule has 0 saturated heterocycles. The fraction of sp³-hybridized carbons (Fsp3) is 0.0909. The van der Waals surface area contributed by atoms with E-state index in [2.05, 4.69) is 10.3 Å². The van der Waals surface area contributed by atoms with Gasteiger partial charge in [0.2, 0.25) is 5.91 Å². The Morgan fingerprint density at radius 1 is 1.11 bits per heavy atom. The lowest BCUT2D eigenvalue weighted by molar-refractivity contribution is -0.115. The molecular formula is C22H18FN3O. The van der Waals surface area contributed by atoms with E-state index in [0.717, 1.165) is 22.5 Å². The fourth-order valence-corrected chi connectivity index (χ4v) is 3.00. The largest absolute Gasteiger partial charge is 0.326 e. The highest BCUT2D eigenvalue weighted by molar-refractivity contribution is 5.93. The number of anilines is 1. The van der Waals surface area contributed by atoms with E-state index in [1.165, 1.54) is 6.07 Å². The molecule has 0 aliphatic rings. The zero-order valence-electron chi connectivity index (χ0n) is 14.8. The second kappa shape index (κ2) is 7.03. The van der Waals surface area contributed by atoms with E-state index >= 15 is 0 Å². The van der Waals surface area contributed by atoms with Gasteiger partial charge in [-0.15, -0.1) is 0 Å². The molecule has 4 nitrogen and oxygen atoms in total. The summed E-state index contributed by atoms with van der Waals surface area (Å²) in [6.45, 7) is 2.03. The first-order chi connectivity index (χ1) is 13.1. The van der Waals surface area contributed by atoms with Crippen LogP contribution in [-0.2, 0) is 11.2 Å². The molecule has 2 heterocycles. The summed E-state index contributed by atoms with van der Waals surface area (Å²) in [6.07, 6.45) is 3.92. The van der Waals surface area contributed by atoms with E-state index in [4.69, 9.17) is 0 Å². The van der Waals surface area contributed by atoms with Crippen molar-refractivity contribution in [2.24, 2.45) is 0 Å². The minimum Gasteiger partial charge on any atom is -0.326 e. The number of imidazole rings is 1. The van der Waals surface area contributed by atoms with Crippen LogP contribution in [0.2, 0.25) is 0 Å². The number of rotatable bonds is 4. The van der Waals surface area contributed by atoms with E-state index in [9.17, 15) is 9.18 Å². The van der Waals surface area contributed by atoms with Gasteiger partial charge in [-0.2, -0.15) is 0 Å². The Labute approximate surface area is 156 Å². The Balaban J connectivity index is 1.55. The maximum absolute atomic E-state index is 13.7. The lowest BCUT2D eigenvalue weighted by Gasteiger charge is -2.07. The smallest absolute Gasteiger partial charge is 0.228 e. The zero-order chi connectivity index (χ0) is 18.8. The average Bonchev–Trinajstić information content (AvgIpc) is 3.07. The molecule has 2 aromatic carbocycles. The quantitative estimate of drug-likeness (QED) is 0.577. The van der Waals surface area contributed by atoms with Gasteiger partial charge in [0, 0.05) is 23.6 Å². The Kier molecular flexibility index (Phi) is 4.42. The molecule has 5 heteroatoms. The first kappa shape index (κ1) is 17.0. The van der Waals surface area contributed by atoms with Crippen molar-refractivity contribution in [1.29, 1.82) is 0 Å². The van der Waals surface area contributed by atoms with E-state index in [1.54, 1.807) is 18.2 Å². The van der Waals surface area contributed by atoms with E-state index < -0.39 is 0 Å². The van der Waals surface area contributed by atoms with Gasteiger partial charge in [-0.1, -0.05) is 30.3 Å². The van der Waals surface area contributed by atoms with Gasteiger partial charge < -0.3 is 9.72 Å². The molecule has 1 amide bonds. The summed E-state index contributed by atoms with van der Waals surface area (Å²) in [5.74, 6) is -0.635. The minimum atomic E-state index is -0.374. The molecule has 0 aliphatic carbocycles. The number of hydrogen-bond donors (Lipinski definition) is 1. The number of pyridine rings is 1. The van der Waals surface area contributed by atoms with Crippen molar-refractivity contribution >= 4 is 17.2 Å². The normalized spacial score (nSPS) is 10.9. The molecule has 1 N–H and O–H groups in total. The molecule has 0 atom stereocenters. The van der Waals surface area contributed by atoms with Crippen LogP contribution in [0.5, 0.6) is 0 Å².